The lowest BCUT2D eigenvalue weighted by Gasteiger charge is -2.10. The molecule has 6 heteroatoms. The molecule has 0 atom stereocenters. The SMILES string of the molecule is Cc1ccccc1OCCCn1c(O)c(N=O)c2ccc(Cl)cc21. The van der Waals surface area contributed by atoms with E-state index in [1.165, 1.54) is 0 Å². The van der Waals surface area contributed by atoms with Gasteiger partial charge >= 0.3 is 0 Å². The number of nitrogens with zero attached hydrogens (tertiary/aromatic N) is 2. The van der Waals surface area contributed by atoms with Crippen molar-refractivity contribution in [1.82, 2.24) is 4.57 Å². The highest BCUT2D eigenvalue weighted by Gasteiger charge is 2.17. The van der Waals surface area contributed by atoms with E-state index in [9.17, 15) is 10.0 Å². The second-order valence-corrected chi connectivity index (χ2v) is 5.98. The van der Waals surface area contributed by atoms with Crippen LogP contribution in [0.15, 0.2) is 47.6 Å². The lowest BCUT2D eigenvalue weighted by molar-refractivity contribution is 0.296. The Hall–Kier alpha value is -2.53. The number of aromatic hydroxyl groups is 1. The molecule has 0 saturated carbocycles. The molecule has 0 bridgehead atoms. The van der Waals surface area contributed by atoms with Crippen molar-refractivity contribution in [3.63, 3.8) is 0 Å². The quantitative estimate of drug-likeness (QED) is 0.495. The van der Waals surface area contributed by atoms with E-state index < -0.39 is 0 Å². The standard InChI is InChI=1S/C18H17ClN2O3/c1-12-5-2-3-6-16(12)24-10-4-9-21-15-11-13(19)7-8-14(15)17(20-23)18(21)22/h2-3,5-8,11,22H,4,9-10H2,1H3. The number of aromatic nitrogens is 1. The van der Waals surface area contributed by atoms with Gasteiger partial charge in [0, 0.05) is 17.0 Å². The number of hydrogen-bond donors (Lipinski definition) is 1. The largest absolute Gasteiger partial charge is 0.493 e. The summed E-state index contributed by atoms with van der Waals surface area (Å²) in [5, 5.41) is 14.3. The first-order chi connectivity index (χ1) is 11.6. The second-order valence-electron chi connectivity index (χ2n) is 5.54. The molecule has 0 saturated heterocycles. The molecule has 0 aliphatic rings. The normalized spacial score (nSPS) is 10.9. The van der Waals surface area contributed by atoms with Crippen molar-refractivity contribution in [2.45, 2.75) is 19.9 Å². The molecule has 3 rings (SSSR count). The molecule has 124 valence electrons. The van der Waals surface area contributed by atoms with E-state index in [4.69, 9.17) is 16.3 Å². The van der Waals surface area contributed by atoms with Crippen LogP contribution in [-0.2, 0) is 6.54 Å². The summed E-state index contributed by atoms with van der Waals surface area (Å²) in [5.74, 6) is 0.704. The Labute approximate surface area is 144 Å². The van der Waals surface area contributed by atoms with Crippen LogP contribution in [0.2, 0.25) is 5.02 Å². The summed E-state index contributed by atoms with van der Waals surface area (Å²) in [5.41, 5.74) is 1.80. The number of ether oxygens (including phenoxy) is 1. The second kappa shape index (κ2) is 6.93. The van der Waals surface area contributed by atoms with Gasteiger partial charge in [-0.1, -0.05) is 29.8 Å². The molecular weight excluding hydrogens is 328 g/mol. The molecule has 24 heavy (non-hydrogen) atoms. The van der Waals surface area contributed by atoms with Gasteiger partial charge in [-0.25, -0.2) is 0 Å². The molecule has 3 aromatic rings. The molecule has 0 radical (unpaired) electrons. The molecule has 0 aliphatic carbocycles. The van der Waals surface area contributed by atoms with Gasteiger partial charge in [0.25, 0.3) is 0 Å². The van der Waals surface area contributed by atoms with Crippen molar-refractivity contribution in [2.24, 2.45) is 5.18 Å². The van der Waals surface area contributed by atoms with Gasteiger partial charge in [-0.3, -0.25) is 0 Å². The first kappa shape index (κ1) is 16.3. The van der Waals surface area contributed by atoms with Crippen LogP contribution >= 0.6 is 11.6 Å². The maximum atomic E-state index is 11.0. The van der Waals surface area contributed by atoms with Crippen molar-refractivity contribution in [3.05, 3.63) is 58.0 Å². The van der Waals surface area contributed by atoms with Crippen molar-refractivity contribution >= 4 is 28.2 Å². The van der Waals surface area contributed by atoms with Crippen LogP contribution < -0.4 is 4.74 Å². The van der Waals surface area contributed by atoms with Crippen LogP contribution in [0, 0.1) is 11.8 Å². The Balaban J connectivity index is 1.75. The fourth-order valence-corrected chi connectivity index (χ4v) is 2.90. The summed E-state index contributed by atoms with van der Waals surface area (Å²) in [4.78, 5) is 11.0. The van der Waals surface area contributed by atoms with Crippen LogP contribution in [0.25, 0.3) is 10.9 Å². The van der Waals surface area contributed by atoms with E-state index in [1.54, 1.807) is 22.8 Å². The fraction of sp³-hybridized carbons (Fsp3) is 0.222. The molecule has 1 N–H and O–H groups in total. The topological polar surface area (TPSA) is 63.8 Å². The van der Waals surface area contributed by atoms with Gasteiger partial charge in [-0.15, -0.1) is 4.91 Å². The van der Waals surface area contributed by atoms with Crippen LogP contribution in [0.3, 0.4) is 0 Å². The number of aryl methyl sites for hydroxylation is 2. The minimum atomic E-state index is -0.141. The minimum absolute atomic E-state index is 0.0430. The van der Waals surface area contributed by atoms with Crippen molar-refractivity contribution in [1.29, 1.82) is 0 Å². The summed E-state index contributed by atoms with van der Waals surface area (Å²) in [6, 6.07) is 12.9. The van der Waals surface area contributed by atoms with E-state index in [0.29, 0.717) is 35.5 Å². The first-order valence-corrected chi connectivity index (χ1v) is 8.02. The third kappa shape index (κ3) is 3.08. The zero-order chi connectivity index (χ0) is 17.1. The lowest BCUT2D eigenvalue weighted by Crippen LogP contribution is -2.04. The van der Waals surface area contributed by atoms with Gasteiger partial charge in [0.2, 0.25) is 5.88 Å². The average molecular weight is 345 g/mol. The number of para-hydroxylation sites is 1. The molecule has 5 nitrogen and oxygen atoms in total. The predicted molar refractivity (Wildman–Crippen MR) is 95.4 cm³/mol. The van der Waals surface area contributed by atoms with E-state index in [0.717, 1.165) is 11.3 Å². The van der Waals surface area contributed by atoms with Crippen LogP contribution in [0.4, 0.5) is 5.69 Å². The molecule has 0 amide bonds. The van der Waals surface area contributed by atoms with Crippen LogP contribution in [-0.4, -0.2) is 16.3 Å². The van der Waals surface area contributed by atoms with Gasteiger partial charge in [-0.05, 0) is 48.4 Å². The monoisotopic (exact) mass is 344 g/mol. The van der Waals surface area contributed by atoms with Gasteiger partial charge in [0.15, 0.2) is 5.69 Å². The zero-order valence-electron chi connectivity index (χ0n) is 13.2. The predicted octanol–water partition coefficient (Wildman–Crippen LogP) is 5.18. The molecule has 0 unspecified atom stereocenters. The summed E-state index contributed by atoms with van der Waals surface area (Å²) in [6.07, 6.45) is 0.663. The summed E-state index contributed by atoms with van der Waals surface area (Å²) in [7, 11) is 0. The molecule has 0 fully saturated rings. The Kier molecular flexibility index (Phi) is 4.71. The molecule has 0 spiro atoms. The lowest BCUT2D eigenvalue weighted by atomic mass is 10.2. The Morgan fingerprint density at radius 1 is 1.25 bits per heavy atom. The van der Waals surface area contributed by atoms with E-state index in [2.05, 4.69) is 5.18 Å². The molecule has 0 aliphatic heterocycles. The average Bonchev–Trinajstić information content (AvgIpc) is 2.83. The Morgan fingerprint density at radius 2 is 2.04 bits per heavy atom. The highest BCUT2D eigenvalue weighted by atomic mass is 35.5. The molecule has 1 heterocycles. The summed E-state index contributed by atoms with van der Waals surface area (Å²) >= 11 is 6.03. The summed E-state index contributed by atoms with van der Waals surface area (Å²) < 4.78 is 7.40. The molecule has 2 aromatic carbocycles. The van der Waals surface area contributed by atoms with Crippen molar-refractivity contribution in [3.8, 4) is 11.6 Å². The van der Waals surface area contributed by atoms with Gasteiger partial charge < -0.3 is 14.4 Å². The molecule has 1 aromatic heterocycles. The van der Waals surface area contributed by atoms with Crippen LogP contribution in [0.1, 0.15) is 12.0 Å². The number of rotatable bonds is 6. The number of benzene rings is 2. The highest BCUT2D eigenvalue weighted by molar-refractivity contribution is 6.31. The zero-order valence-corrected chi connectivity index (χ0v) is 14.0. The van der Waals surface area contributed by atoms with Crippen molar-refractivity contribution in [2.75, 3.05) is 6.61 Å². The number of fused-ring (bicyclic) bond motifs is 1. The van der Waals surface area contributed by atoms with Crippen molar-refractivity contribution < 1.29 is 9.84 Å². The summed E-state index contributed by atoms with van der Waals surface area (Å²) in [6.45, 7) is 2.98. The third-order valence-corrected chi connectivity index (χ3v) is 4.18. The first-order valence-electron chi connectivity index (χ1n) is 7.64. The smallest absolute Gasteiger partial charge is 0.222 e. The number of nitroso groups, excluding NO2 is 1. The maximum absolute atomic E-state index is 11.0. The minimum Gasteiger partial charge on any atom is -0.493 e. The van der Waals surface area contributed by atoms with E-state index in [1.807, 2.05) is 31.2 Å². The van der Waals surface area contributed by atoms with Gasteiger partial charge in [-0.2, -0.15) is 0 Å². The van der Waals surface area contributed by atoms with E-state index >= 15 is 0 Å². The maximum Gasteiger partial charge on any atom is 0.222 e. The van der Waals surface area contributed by atoms with Crippen LogP contribution in [0.5, 0.6) is 11.6 Å². The fourth-order valence-electron chi connectivity index (χ4n) is 2.73. The van der Waals surface area contributed by atoms with E-state index in [-0.39, 0.29) is 11.6 Å². The Morgan fingerprint density at radius 3 is 2.79 bits per heavy atom. The molecular formula is C18H17ClN2O3. The number of halogens is 1. The number of hydrogen-bond acceptors (Lipinski definition) is 4. The van der Waals surface area contributed by atoms with Gasteiger partial charge in [0.05, 0.1) is 12.1 Å². The van der Waals surface area contributed by atoms with Gasteiger partial charge in [0.1, 0.15) is 5.75 Å². The highest BCUT2D eigenvalue weighted by Crippen LogP contribution is 2.39. The Bertz CT molecular complexity index is 889. The third-order valence-electron chi connectivity index (χ3n) is 3.94.